The van der Waals surface area contributed by atoms with E-state index in [1.807, 2.05) is 24.3 Å². The lowest BCUT2D eigenvalue weighted by molar-refractivity contribution is 0.0524. The average molecular weight is 284 g/mol. The van der Waals surface area contributed by atoms with Crippen molar-refractivity contribution in [3.8, 4) is 0 Å². The molecule has 2 rings (SSSR count). The number of aryl methyl sites for hydroxylation is 1. The molecule has 0 saturated heterocycles. The lowest BCUT2D eigenvalue weighted by Crippen LogP contribution is -2.04. The highest BCUT2D eigenvalue weighted by Crippen LogP contribution is 2.31. The summed E-state index contributed by atoms with van der Waals surface area (Å²) in [6.45, 7) is 7.74. The molecule has 0 saturated carbocycles. The normalized spacial score (nSPS) is 11.9. The van der Waals surface area contributed by atoms with Gasteiger partial charge >= 0.3 is 5.97 Å². The van der Waals surface area contributed by atoms with Crippen molar-refractivity contribution in [3.05, 3.63) is 71.7 Å². The number of carbonyl (C=O) groups excluding carboxylic acids is 1. The fourth-order valence-corrected chi connectivity index (χ4v) is 2.36. The molecule has 2 aromatic rings. The third-order valence-corrected chi connectivity index (χ3v) is 3.38. The predicted molar refractivity (Wildman–Crippen MR) is 82.5 cm³/mol. The number of carbonyl (C=O) groups is 1. The number of allylic oxidation sites excluding steroid dienone is 1. The first-order valence-electron chi connectivity index (χ1n) is 7.10. The van der Waals surface area contributed by atoms with Gasteiger partial charge in [0.2, 0.25) is 0 Å². The van der Waals surface area contributed by atoms with Crippen LogP contribution < -0.4 is 0 Å². The maximum absolute atomic E-state index is 11.9. The number of esters is 1. The van der Waals surface area contributed by atoms with Crippen molar-refractivity contribution in [3.63, 3.8) is 0 Å². The zero-order chi connectivity index (χ0) is 15.2. The fourth-order valence-electron chi connectivity index (χ4n) is 2.36. The minimum atomic E-state index is -0.338. The molecular weight excluding hydrogens is 264 g/mol. The maximum Gasteiger partial charge on any atom is 0.341 e. The topological polar surface area (TPSA) is 39.4 Å². The Labute approximate surface area is 125 Å². The Hall–Kier alpha value is -2.29. The second-order valence-electron chi connectivity index (χ2n) is 4.83. The molecule has 0 aliphatic carbocycles. The van der Waals surface area contributed by atoms with Crippen molar-refractivity contribution >= 4 is 5.97 Å². The number of benzene rings is 1. The van der Waals surface area contributed by atoms with E-state index in [0.717, 1.165) is 17.7 Å². The summed E-state index contributed by atoms with van der Waals surface area (Å²) in [4.78, 5) is 11.9. The average Bonchev–Trinajstić information content (AvgIpc) is 2.87. The molecule has 0 spiro atoms. The molecule has 0 radical (unpaired) electrons. The molecule has 0 N–H and O–H groups in total. The molecule has 3 heteroatoms. The molecule has 1 heterocycles. The fraction of sp³-hybridized carbons (Fsp3) is 0.278. The van der Waals surface area contributed by atoms with Crippen LogP contribution in [0.2, 0.25) is 0 Å². The van der Waals surface area contributed by atoms with Crippen LogP contribution in [0.15, 0.2) is 53.5 Å². The van der Waals surface area contributed by atoms with Crippen molar-refractivity contribution in [1.82, 2.24) is 0 Å². The van der Waals surface area contributed by atoms with Gasteiger partial charge in [0.25, 0.3) is 0 Å². The number of hydrogen-bond acceptors (Lipinski definition) is 3. The first-order valence-corrected chi connectivity index (χ1v) is 7.10. The molecule has 0 bridgehead atoms. The molecule has 0 aliphatic heterocycles. The van der Waals surface area contributed by atoms with E-state index in [2.05, 4.69) is 18.7 Å². The van der Waals surface area contributed by atoms with Gasteiger partial charge in [0.1, 0.15) is 17.1 Å². The third-order valence-electron chi connectivity index (χ3n) is 3.38. The highest BCUT2D eigenvalue weighted by molar-refractivity contribution is 5.90. The Bertz CT molecular complexity index is 611. The highest BCUT2D eigenvalue weighted by atomic mass is 16.5. The SMILES string of the molecule is C=CCC(c1ccccc1)c1cc(C(=O)OCC)c(C)o1. The van der Waals surface area contributed by atoms with Gasteiger partial charge in [-0.2, -0.15) is 0 Å². The van der Waals surface area contributed by atoms with Gasteiger partial charge in [0, 0.05) is 5.92 Å². The summed E-state index contributed by atoms with van der Waals surface area (Å²) in [5, 5.41) is 0. The second kappa shape index (κ2) is 6.93. The Morgan fingerprint density at radius 1 is 1.38 bits per heavy atom. The second-order valence-corrected chi connectivity index (χ2v) is 4.83. The zero-order valence-corrected chi connectivity index (χ0v) is 12.5. The van der Waals surface area contributed by atoms with E-state index >= 15 is 0 Å². The quantitative estimate of drug-likeness (QED) is 0.580. The van der Waals surface area contributed by atoms with Crippen LogP contribution in [0, 0.1) is 6.92 Å². The first kappa shape index (κ1) is 15.1. The van der Waals surface area contributed by atoms with Gasteiger partial charge in [0.15, 0.2) is 0 Å². The molecular formula is C18H20O3. The minimum Gasteiger partial charge on any atom is -0.465 e. The van der Waals surface area contributed by atoms with Gasteiger partial charge in [-0.25, -0.2) is 4.79 Å². The molecule has 0 amide bonds. The van der Waals surface area contributed by atoms with Gasteiger partial charge < -0.3 is 9.15 Å². The molecule has 110 valence electrons. The number of hydrogen-bond donors (Lipinski definition) is 0. The summed E-state index contributed by atoms with van der Waals surface area (Å²) in [5.41, 5.74) is 1.64. The van der Waals surface area contributed by atoms with E-state index in [1.165, 1.54) is 0 Å². The van der Waals surface area contributed by atoms with Crippen molar-refractivity contribution in [2.75, 3.05) is 6.61 Å². The lowest BCUT2D eigenvalue weighted by atomic mass is 9.93. The van der Waals surface area contributed by atoms with Crippen molar-refractivity contribution in [2.24, 2.45) is 0 Å². The van der Waals surface area contributed by atoms with Gasteiger partial charge in [-0.1, -0.05) is 36.4 Å². The van der Waals surface area contributed by atoms with E-state index in [9.17, 15) is 4.79 Å². The highest BCUT2D eigenvalue weighted by Gasteiger charge is 2.22. The van der Waals surface area contributed by atoms with Crippen molar-refractivity contribution in [1.29, 1.82) is 0 Å². The molecule has 0 aliphatic rings. The summed E-state index contributed by atoms with van der Waals surface area (Å²) in [7, 11) is 0. The standard InChI is InChI=1S/C18H20O3/c1-4-9-15(14-10-7-6-8-11-14)17-12-16(13(3)21-17)18(19)20-5-2/h4,6-8,10-12,15H,1,5,9H2,2-3H3. The molecule has 21 heavy (non-hydrogen) atoms. The van der Waals surface area contributed by atoms with Crippen LogP contribution in [0.1, 0.15) is 46.7 Å². The number of ether oxygens (including phenoxy) is 1. The summed E-state index contributed by atoms with van der Waals surface area (Å²) < 4.78 is 10.9. The van der Waals surface area contributed by atoms with E-state index in [4.69, 9.17) is 9.15 Å². The van der Waals surface area contributed by atoms with Crippen LogP contribution in [0.3, 0.4) is 0 Å². The van der Waals surface area contributed by atoms with E-state index in [1.54, 1.807) is 19.9 Å². The summed E-state index contributed by atoms with van der Waals surface area (Å²) in [6, 6.07) is 11.9. The number of furan rings is 1. The van der Waals surface area contributed by atoms with Crippen LogP contribution in [-0.4, -0.2) is 12.6 Å². The van der Waals surface area contributed by atoms with Crippen molar-refractivity contribution in [2.45, 2.75) is 26.2 Å². The molecule has 1 unspecified atom stereocenters. The van der Waals surface area contributed by atoms with Gasteiger partial charge in [-0.3, -0.25) is 0 Å². The molecule has 1 aromatic heterocycles. The molecule has 3 nitrogen and oxygen atoms in total. The predicted octanol–water partition coefficient (Wildman–Crippen LogP) is 4.47. The monoisotopic (exact) mass is 284 g/mol. The Balaban J connectivity index is 2.36. The summed E-state index contributed by atoms with van der Waals surface area (Å²) >= 11 is 0. The first-order chi connectivity index (χ1) is 10.2. The molecule has 0 fully saturated rings. The smallest absolute Gasteiger partial charge is 0.341 e. The minimum absolute atomic E-state index is 0.0607. The molecule has 1 aromatic carbocycles. The zero-order valence-electron chi connectivity index (χ0n) is 12.5. The summed E-state index contributed by atoms with van der Waals surface area (Å²) in [6.07, 6.45) is 2.61. The summed E-state index contributed by atoms with van der Waals surface area (Å²) in [5.74, 6) is 1.08. The van der Waals surface area contributed by atoms with Crippen LogP contribution >= 0.6 is 0 Å². The van der Waals surface area contributed by atoms with Gasteiger partial charge in [-0.05, 0) is 31.9 Å². The van der Waals surface area contributed by atoms with Crippen LogP contribution in [0.25, 0.3) is 0 Å². The van der Waals surface area contributed by atoms with E-state index in [-0.39, 0.29) is 11.9 Å². The van der Waals surface area contributed by atoms with Crippen LogP contribution in [-0.2, 0) is 4.74 Å². The lowest BCUT2D eigenvalue weighted by Gasteiger charge is -2.12. The van der Waals surface area contributed by atoms with Crippen LogP contribution in [0.4, 0.5) is 0 Å². The Kier molecular flexibility index (Phi) is 4.99. The van der Waals surface area contributed by atoms with Crippen LogP contribution in [0.5, 0.6) is 0 Å². The van der Waals surface area contributed by atoms with E-state index in [0.29, 0.717) is 17.9 Å². The van der Waals surface area contributed by atoms with E-state index < -0.39 is 0 Å². The van der Waals surface area contributed by atoms with Gasteiger partial charge in [-0.15, -0.1) is 6.58 Å². The Morgan fingerprint density at radius 3 is 2.71 bits per heavy atom. The van der Waals surface area contributed by atoms with Crippen molar-refractivity contribution < 1.29 is 13.9 Å². The maximum atomic E-state index is 11.9. The Morgan fingerprint density at radius 2 is 2.10 bits per heavy atom. The molecule has 1 atom stereocenters. The van der Waals surface area contributed by atoms with Gasteiger partial charge in [0.05, 0.1) is 6.61 Å². The number of rotatable bonds is 6. The third kappa shape index (κ3) is 3.43. The largest absolute Gasteiger partial charge is 0.465 e.